The maximum absolute atomic E-state index is 10.6. The minimum atomic E-state index is -5.08. The van der Waals surface area contributed by atoms with Gasteiger partial charge in [0.1, 0.15) is 0 Å². The molecule has 2 fully saturated rings. The van der Waals surface area contributed by atoms with Crippen molar-refractivity contribution in [1.29, 1.82) is 0 Å². The van der Waals surface area contributed by atoms with E-state index in [1.54, 1.807) is 0 Å². The SMILES string of the molecule is Cn1cc(C2COC3(CCN(Cc4ccccn4)CC3)C2)cn1.O=C(O)C(F)(F)F.O=C(O)C(F)(F)F. The first-order valence-corrected chi connectivity index (χ1v) is 11.0. The van der Waals surface area contributed by atoms with Crippen LogP contribution in [0.1, 0.15) is 36.4 Å². The molecular weight excluding hydrogens is 514 g/mol. The molecule has 2 N–H and O–H groups in total. The Hall–Kier alpha value is -3.20. The highest BCUT2D eigenvalue weighted by Gasteiger charge is 2.43. The number of aliphatic carboxylic acids is 2. The van der Waals surface area contributed by atoms with E-state index in [-0.39, 0.29) is 5.60 Å². The smallest absolute Gasteiger partial charge is 0.475 e. The van der Waals surface area contributed by atoms with E-state index in [2.05, 4.69) is 33.3 Å². The molecule has 4 heterocycles. The number of nitrogens with zero attached hydrogens (tertiary/aromatic N) is 4. The number of ether oxygens (including phenoxy) is 1. The lowest BCUT2D eigenvalue weighted by Crippen LogP contribution is -2.43. The molecular formula is C22H26F6N4O5. The van der Waals surface area contributed by atoms with Crippen LogP contribution in [0.25, 0.3) is 0 Å². The molecule has 0 aliphatic carbocycles. The van der Waals surface area contributed by atoms with E-state index < -0.39 is 24.3 Å². The Kier molecular flexibility index (Phi) is 10.0. The van der Waals surface area contributed by atoms with Crippen molar-refractivity contribution in [2.45, 2.75) is 49.7 Å². The number of alkyl halides is 6. The number of pyridine rings is 1. The number of halogens is 6. The molecule has 0 bridgehead atoms. The van der Waals surface area contributed by atoms with Crippen LogP contribution in [-0.4, -0.2) is 79.5 Å². The Labute approximate surface area is 207 Å². The average Bonchev–Trinajstić information content (AvgIpc) is 3.42. The van der Waals surface area contributed by atoms with Gasteiger partial charge in [0.05, 0.1) is 24.1 Å². The summed E-state index contributed by atoms with van der Waals surface area (Å²) < 4.78 is 71.6. The number of carboxylic acids is 2. The number of hydrogen-bond donors (Lipinski definition) is 2. The van der Waals surface area contributed by atoms with Gasteiger partial charge in [-0.2, -0.15) is 31.4 Å². The average molecular weight is 540 g/mol. The topological polar surface area (TPSA) is 118 Å². The highest BCUT2D eigenvalue weighted by Crippen LogP contribution is 2.42. The molecule has 2 aliphatic rings. The molecule has 4 rings (SSSR count). The number of rotatable bonds is 3. The van der Waals surface area contributed by atoms with Gasteiger partial charge in [-0.05, 0) is 37.0 Å². The Morgan fingerprint density at radius 3 is 2.08 bits per heavy atom. The molecule has 2 aromatic heterocycles. The first-order valence-electron chi connectivity index (χ1n) is 11.0. The summed E-state index contributed by atoms with van der Waals surface area (Å²) in [4.78, 5) is 24.7. The Balaban J connectivity index is 0.000000286. The molecule has 2 aromatic rings. The summed E-state index contributed by atoms with van der Waals surface area (Å²) in [6.07, 6.45) is -0.796. The Morgan fingerprint density at radius 2 is 1.65 bits per heavy atom. The van der Waals surface area contributed by atoms with E-state index >= 15 is 0 Å². The third-order valence-electron chi connectivity index (χ3n) is 5.77. The molecule has 9 nitrogen and oxygen atoms in total. The van der Waals surface area contributed by atoms with Gasteiger partial charge in [0.15, 0.2) is 0 Å². The zero-order valence-corrected chi connectivity index (χ0v) is 19.7. The van der Waals surface area contributed by atoms with Gasteiger partial charge < -0.3 is 14.9 Å². The number of hydrogen-bond acceptors (Lipinski definition) is 6. The highest BCUT2D eigenvalue weighted by atomic mass is 19.4. The lowest BCUT2D eigenvalue weighted by atomic mass is 9.84. The van der Waals surface area contributed by atoms with Gasteiger partial charge in [0, 0.05) is 45.0 Å². The van der Waals surface area contributed by atoms with Crippen LogP contribution in [0.4, 0.5) is 26.3 Å². The van der Waals surface area contributed by atoms with Crippen molar-refractivity contribution in [3.05, 3.63) is 48.0 Å². The molecule has 0 amide bonds. The summed E-state index contributed by atoms with van der Waals surface area (Å²) in [5.41, 5.74) is 2.56. The van der Waals surface area contributed by atoms with Crippen molar-refractivity contribution >= 4 is 11.9 Å². The van der Waals surface area contributed by atoms with Gasteiger partial charge >= 0.3 is 24.3 Å². The van der Waals surface area contributed by atoms with Crippen molar-refractivity contribution in [1.82, 2.24) is 19.7 Å². The van der Waals surface area contributed by atoms with Crippen LogP contribution in [0.3, 0.4) is 0 Å². The summed E-state index contributed by atoms with van der Waals surface area (Å²) in [5, 5.41) is 18.5. The monoisotopic (exact) mass is 540 g/mol. The van der Waals surface area contributed by atoms with Crippen LogP contribution in [0.5, 0.6) is 0 Å². The van der Waals surface area contributed by atoms with Crippen molar-refractivity contribution in [2.75, 3.05) is 19.7 Å². The van der Waals surface area contributed by atoms with E-state index in [1.807, 2.05) is 30.2 Å². The standard InChI is InChI=1S/C18H24N4O.2C2HF3O2/c1-21-12-16(11-20-21)15-10-18(23-14-15)5-8-22(9-6-18)13-17-4-2-3-7-19-17;2*3-2(4,5)1(6)7/h2-4,7,11-12,15H,5-6,8-10,13-14H2,1H3;2*(H,6,7). The van der Waals surface area contributed by atoms with E-state index in [0.717, 1.165) is 51.2 Å². The third-order valence-corrected chi connectivity index (χ3v) is 5.77. The second-order valence-corrected chi connectivity index (χ2v) is 8.55. The summed E-state index contributed by atoms with van der Waals surface area (Å²) in [5.74, 6) is -5.01. The molecule has 15 heteroatoms. The predicted octanol–water partition coefficient (Wildman–Crippen LogP) is 3.62. The second kappa shape index (κ2) is 12.4. The van der Waals surface area contributed by atoms with Gasteiger partial charge in [-0.25, -0.2) is 9.59 Å². The number of carbonyl (C=O) groups is 2. The van der Waals surface area contributed by atoms with Gasteiger partial charge in [-0.1, -0.05) is 6.07 Å². The molecule has 206 valence electrons. The fraction of sp³-hybridized carbons (Fsp3) is 0.545. The first kappa shape index (κ1) is 30.0. The molecule has 1 atom stereocenters. The second-order valence-electron chi connectivity index (χ2n) is 8.55. The molecule has 2 aliphatic heterocycles. The number of piperidine rings is 1. The Bertz CT molecular complexity index is 997. The molecule has 1 unspecified atom stereocenters. The molecule has 0 radical (unpaired) electrons. The van der Waals surface area contributed by atoms with E-state index in [4.69, 9.17) is 24.5 Å². The zero-order chi connectivity index (χ0) is 27.9. The van der Waals surface area contributed by atoms with Crippen molar-refractivity contribution in [2.24, 2.45) is 7.05 Å². The minimum absolute atomic E-state index is 0.0844. The summed E-state index contributed by atoms with van der Waals surface area (Å²) in [6, 6.07) is 6.14. The summed E-state index contributed by atoms with van der Waals surface area (Å²) in [7, 11) is 1.98. The maximum Gasteiger partial charge on any atom is 0.490 e. The van der Waals surface area contributed by atoms with Crippen LogP contribution in [0.2, 0.25) is 0 Å². The number of likely N-dealkylation sites (tertiary alicyclic amines) is 1. The van der Waals surface area contributed by atoms with Gasteiger partial charge in [-0.3, -0.25) is 14.6 Å². The van der Waals surface area contributed by atoms with E-state index in [9.17, 15) is 26.3 Å². The molecule has 37 heavy (non-hydrogen) atoms. The lowest BCUT2D eigenvalue weighted by Gasteiger charge is -2.38. The minimum Gasteiger partial charge on any atom is -0.475 e. The quantitative estimate of drug-likeness (QED) is 0.567. The van der Waals surface area contributed by atoms with Crippen LogP contribution in [0.15, 0.2) is 36.8 Å². The number of carboxylic acid groups (broad SMARTS) is 2. The first-order chi connectivity index (χ1) is 17.1. The van der Waals surface area contributed by atoms with Crippen LogP contribution < -0.4 is 0 Å². The predicted molar refractivity (Wildman–Crippen MR) is 115 cm³/mol. The molecule has 0 aromatic carbocycles. The van der Waals surface area contributed by atoms with Crippen LogP contribution >= 0.6 is 0 Å². The van der Waals surface area contributed by atoms with Gasteiger partial charge in [0.25, 0.3) is 0 Å². The largest absolute Gasteiger partial charge is 0.490 e. The molecule has 2 saturated heterocycles. The van der Waals surface area contributed by atoms with Gasteiger partial charge in [-0.15, -0.1) is 0 Å². The molecule has 0 saturated carbocycles. The fourth-order valence-electron chi connectivity index (χ4n) is 3.90. The number of aromatic nitrogens is 3. The Morgan fingerprint density at radius 1 is 1.08 bits per heavy atom. The summed E-state index contributed by atoms with van der Waals surface area (Å²) >= 11 is 0. The van der Waals surface area contributed by atoms with Gasteiger partial charge in [0.2, 0.25) is 0 Å². The zero-order valence-electron chi connectivity index (χ0n) is 19.7. The summed E-state index contributed by atoms with van der Waals surface area (Å²) in [6.45, 7) is 3.97. The third kappa shape index (κ3) is 9.64. The van der Waals surface area contributed by atoms with Crippen LogP contribution in [0, 0.1) is 0 Å². The van der Waals surface area contributed by atoms with E-state index in [0.29, 0.717) is 5.92 Å². The van der Waals surface area contributed by atoms with Crippen molar-refractivity contribution < 1.29 is 50.9 Å². The lowest BCUT2D eigenvalue weighted by molar-refractivity contribution is -0.193. The molecule has 1 spiro atoms. The van der Waals surface area contributed by atoms with Crippen LogP contribution in [-0.2, 0) is 27.9 Å². The highest BCUT2D eigenvalue weighted by molar-refractivity contribution is 5.73. The number of aryl methyl sites for hydroxylation is 1. The van der Waals surface area contributed by atoms with Crippen molar-refractivity contribution in [3.63, 3.8) is 0 Å². The fourth-order valence-corrected chi connectivity index (χ4v) is 3.90. The van der Waals surface area contributed by atoms with Crippen molar-refractivity contribution in [3.8, 4) is 0 Å². The normalized spacial score (nSPS) is 19.4. The van der Waals surface area contributed by atoms with E-state index in [1.165, 1.54) is 5.56 Å². The maximum atomic E-state index is 10.6.